The maximum absolute atomic E-state index is 12.8. The van der Waals surface area contributed by atoms with E-state index in [2.05, 4.69) is 5.10 Å². The summed E-state index contributed by atoms with van der Waals surface area (Å²) in [6.07, 6.45) is 3.24. The van der Waals surface area contributed by atoms with Crippen LogP contribution in [0.2, 0.25) is 0 Å². The first-order valence-electron chi connectivity index (χ1n) is 7.77. The third kappa shape index (κ3) is 3.46. The first kappa shape index (κ1) is 16.6. The summed E-state index contributed by atoms with van der Waals surface area (Å²) in [4.78, 5) is 25.5. The highest BCUT2D eigenvalue weighted by molar-refractivity contribution is 7.99. The summed E-state index contributed by atoms with van der Waals surface area (Å²) in [6.45, 7) is 2.56. The lowest BCUT2D eigenvalue weighted by molar-refractivity contribution is -0.138. The zero-order valence-electron chi connectivity index (χ0n) is 13.4. The molecular formula is C17H19N3O3S. The molecule has 2 heterocycles. The number of aryl methyl sites for hydroxylation is 1. The smallest absolute Gasteiger partial charge is 0.305 e. The quantitative estimate of drug-likeness (QED) is 0.919. The van der Waals surface area contributed by atoms with Crippen LogP contribution in [-0.4, -0.2) is 55.8 Å². The van der Waals surface area contributed by atoms with Crippen LogP contribution in [0.1, 0.15) is 22.3 Å². The lowest BCUT2D eigenvalue weighted by Gasteiger charge is -2.34. The fourth-order valence-corrected chi connectivity index (χ4v) is 3.91. The summed E-state index contributed by atoms with van der Waals surface area (Å²) in [5.41, 5.74) is 2.48. The van der Waals surface area contributed by atoms with E-state index in [0.717, 1.165) is 17.0 Å². The van der Waals surface area contributed by atoms with E-state index < -0.39 is 5.97 Å². The van der Waals surface area contributed by atoms with E-state index in [4.69, 9.17) is 5.11 Å². The average molecular weight is 345 g/mol. The molecule has 1 unspecified atom stereocenters. The first-order chi connectivity index (χ1) is 11.6. The number of benzene rings is 1. The van der Waals surface area contributed by atoms with Crippen LogP contribution in [0.4, 0.5) is 0 Å². The number of para-hydroxylation sites is 1. The van der Waals surface area contributed by atoms with Gasteiger partial charge in [-0.1, -0.05) is 18.2 Å². The van der Waals surface area contributed by atoms with Crippen molar-refractivity contribution in [2.75, 3.05) is 18.1 Å². The van der Waals surface area contributed by atoms with Crippen molar-refractivity contribution in [3.8, 4) is 5.69 Å². The molecule has 1 aromatic carbocycles. The van der Waals surface area contributed by atoms with Gasteiger partial charge in [0.05, 0.1) is 29.9 Å². The number of carbonyl (C=O) groups excluding carboxylic acids is 1. The summed E-state index contributed by atoms with van der Waals surface area (Å²) in [6, 6.07) is 7.55. The number of aliphatic carboxylic acids is 1. The van der Waals surface area contributed by atoms with E-state index in [0.29, 0.717) is 17.9 Å². The van der Waals surface area contributed by atoms with Crippen molar-refractivity contribution in [2.24, 2.45) is 0 Å². The van der Waals surface area contributed by atoms with Gasteiger partial charge < -0.3 is 10.0 Å². The van der Waals surface area contributed by atoms with E-state index in [1.807, 2.05) is 31.2 Å². The van der Waals surface area contributed by atoms with Gasteiger partial charge in [-0.2, -0.15) is 16.9 Å². The van der Waals surface area contributed by atoms with Gasteiger partial charge in [-0.3, -0.25) is 9.59 Å². The van der Waals surface area contributed by atoms with Gasteiger partial charge in [-0.25, -0.2) is 4.68 Å². The molecule has 1 fully saturated rings. The van der Waals surface area contributed by atoms with Gasteiger partial charge in [0.2, 0.25) is 0 Å². The standard InChI is InChI=1S/C17H19N3O3S/c1-12-4-2-3-5-15(12)20-10-13(9-18-20)17(23)19-6-7-24-11-14(19)8-16(21)22/h2-5,9-10,14H,6-8,11H2,1H3,(H,21,22). The minimum Gasteiger partial charge on any atom is -0.481 e. The van der Waals surface area contributed by atoms with E-state index in [1.54, 1.807) is 33.7 Å². The van der Waals surface area contributed by atoms with Crippen LogP contribution in [0.25, 0.3) is 5.69 Å². The Morgan fingerprint density at radius 2 is 2.17 bits per heavy atom. The van der Waals surface area contributed by atoms with Gasteiger partial charge >= 0.3 is 5.97 Å². The van der Waals surface area contributed by atoms with Gasteiger partial charge in [-0.15, -0.1) is 0 Å². The molecule has 1 aliphatic heterocycles. The molecule has 2 aromatic rings. The highest BCUT2D eigenvalue weighted by atomic mass is 32.2. The van der Waals surface area contributed by atoms with Crippen molar-refractivity contribution in [1.82, 2.24) is 14.7 Å². The zero-order valence-corrected chi connectivity index (χ0v) is 14.2. The number of rotatable bonds is 4. The number of aromatic nitrogens is 2. The largest absolute Gasteiger partial charge is 0.481 e. The van der Waals surface area contributed by atoms with Gasteiger partial charge in [0.25, 0.3) is 5.91 Å². The Labute approximate surface area is 144 Å². The van der Waals surface area contributed by atoms with Crippen molar-refractivity contribution in [3.05, 3.63) is 47.8 Å². The summed E-state index contributed by atoms with van der Waals surface area (Å²) < 4.78 is 1.69. The number of nitrogens with zero attached hydrogens (tertiary/aromatic N) is 3. The molecule has 1 aromatic heterocycles. The summed E-state index contributed by atoms with van der Waals surface area (Å²) in [5, 5.41) is 13.4. The minimum atomic E-state index is -0.879. The van der Waals surface area contributed by atoms with Crippen LogP contribution in [0.15, 0.2) is 36.7 Å². The maximum Gasteiger partial charge on any atom is 0.305 e. The Morgan fingerprint density at radius 1 is 1.38 bits per heavy atom. The lowest BCUT2D eigenvalue weighted by Crippen LogP contribution is -2.47. The number of hydrogen-bond acceptors (Lipinski definition) is 4. The summed E-state index contributed by atoms with van der Waals surface area (Å²) in [7, 11) is 0. The van der Waals surface area contributed by atoms with Crippen molar-refractivity contribution in [2.45, 2.75) is 19.4 Å². The number of thioether (sulfide) groups is 1. The average Bonchev–Trinajstić information content (AvgIpc) is 3.04. The van der Waals surface area contributed by atoms with Crippen LogP contribution in [0.3, 0.4) is 0 Å². The number of amides is 1. The van der Waals surface area contributed by atoms with Crippen molar-refractivity contribution in [1.29, 1.82) is 0 Å². The molecule has 0 saturated carbocycles. The molecule has 1 N–H and O–H groups in total. The summed E-state index contributed by atoms with van der Waals surface area (Å²) in [5.74, 6) is 0.454. The zero-order chi connectivity index (χ0) is 17.1. The number of carbonyl (C=O) groups is 2. The topological polar surface area (TPSA) is 75.4 Å². The second-order valence-corrected chi connectivity index (χ2v) is 6.94. The summed E-state index contributed by atoms with van der Waals surface area (Å²) >= 11 is 1.69. The van der Waals surface area contributed by atoms with E-state index in [-0.39, 0.29) is 18.4 Å². The molecule has 7 heteroatoms. The van der Waals surface area contributed by atoms with Crippen LogP contribution in [0.5, 0.6) is 0 Å². The Kier molecular flexibility index (Phi) is 4.89. The number of hydrogen-bond donors (Lipinski definition) is 1. The fraction of sp³-hybridized carbons (Fsp3) is 0.353. The fourth-order valence-electron chi connectivity index (χ4n) is 2.84. The normalized spacial score (nSPS) is 17.7. The Balaban J connectivity index is 1.82. The SMILES string of the molecule is Cc1ccccc1-n1cc(C(=O)N2CCSCC2CC(=O)O)cn1. The highest BCUT2D eigenvalue weighted by Gasteiger charge is 2.30. The van der Waals surface area contributed by atoms with Crippen LogP contribution in [0, 0.1) is 6.92 Å². The molecule has 6 nitrogen and oxygen atoms in total. The maximum atomic E-state index is 12.8. The molecule has 126 valence electrons. The molecule has 3 rings (SSSR count). The molecule has 0 spiro atoms. The second-order valence-electron chi connectivity index (χ2n) is 5.79. The van der Waals surface area contributed by atoms with Gasteiger partial charge in [0, 0.05) is 24.2 Å². The third-order valence-electron chi connectivity index (χ3n) is 4.09. The van der Waals surface area contributed by atoms with E-state index in [9.17, 15) is 9.59 Å². The van der Waals surface area contributed by atoms with Crippen LogP contribution >= 0.6 is 11.8 Å². The molecule has 1 atom stereocenters. The van der Waals surface area contributed by atoms with Crippen molar-refractivity contribution >= 4 is 23.6 Å². The monoisotopic (exact) mass is 345 g/mol. The predicted octanol–water partition coefficient (Wildman–Crippen LogP) is 2.21. The molecule has 0 radical (unpaired) electrons. The van der Waals surface area contributed by atoms with Gasteiger partial charge in [0.15, 0.2) is 0 Å². The van der Waals surface area contributed by atoms with E-state index in [1.165, 1.54) is 0 Å². The molecular weight excluding hydrogens is 326 g/mol. The minimum absolute atomic E-state index is 0.0231. The van der Waals surface area contributed by atoms with Crippen molar-refractivity contribution in [3.63, 3.8) is 0 Å². The van der Waals surface area contributed by atoms with E-state index >= 15 is 0 Å². The van der Waals surface area contributed by atoms with Crippen molar-refractivity contribution < 1.29 is 14.7 Å². The Bertz CT molecular complexity index is 759. The molecule has 1 aliphatic rings. The lowest BCUT2D eigenvalue weighted by atomic mass is 10.1. The van der Waals surface area contributed by atoms with Crippen LogP contribution in [-0.2, 0) is 4.79 Å². The van der Waals surface area contributed by atoms with Gasteiger partial charge in [-0.05, 0) is 18.6 Å². The highest BCUT2D eigenvalue weighted by Crippen LogP contribution is 2.22. The van der Waals surface area contributed by atoms with Gasteiger partial charge in [0.1, 0.15) is 0 Å². The molecule has 1 saturated heterocycles. The molecule has 0 aliphatic carbocycles. The predicted molar refractivity (Wildman–Crippen MR) is 92.7 cm³/mol. The molecule has 24 heavy (non-hydrogen) atoms. The first-order valence-corrected chi connectivity index (χ1v) is 8.93. The van der Waals surface area contributed by atoms with Crippen LogP contribution < -0.4 is 0 Å². The Hall–Kier alpha value is -2.28. The Morgan fingerprint density at radius 3 is 2.92 bits per heavy atom. The number of carboxylic acid groups (broad SMARTS) is 1. The number of carboxylic acids is 1. The molecule has 1 amide bonds. The molecule has 0 bridgehead atoms. The second kappa shape index (κ2) is 7.09. The third-order valence-corrected chi connectivity index (χ3v) is 5.18.